The van der Waals surface area contributed by atoms with Crippen LogP contribution in [0.25, 0.3) is 5.69 Å². The third kappa shape index (κ3) is 3.47. The molecule has 1 N–H and O–H groups in total. The molecule has 0 unspecified atom stereocenters. The number of imidazole rings is 1. The lowest BCUT2D eigenvalue weighted by Gasteiger charge is -2.08. The number of amides is 1. The first-order chi connectivity index (χ1) is 9.74. The Balaban J connectivity index is 2.01. The summed E-state index contributed by atoms with van der Waals surface area (Å²) in [5.74, 6) is 1.16. The maximum Gasteiger partial charge on any atom is 0.220 e. The maximum absolute atomic E-state index is 11.4. The quantitative estimate of drug-likeness (QED) is 0.878. The molecule has 1 aromatic heterocycles. The van der Waals surface area contributed by atoms with E-state index in [1.165, 1.54) is 0 Å². The van der Waals surface area contributed by atoms with Gasteiger partial charge in [-0.15, -0.1) is 0 Å². The van der Waals surface area contributed by atoms with Crippen molar-refractivity contribution >= 4 is 5.91 Å². The molecule has 0 radical (unpaired) electrons. The Bertz CT molecular complexity index is 557. The monoisotopic (exact) mass is 271 g/mol. The lowest BCUT2D eigenvalue weighted by Crippen LogP contribution is -2.22. The molecular formula is C16H21N3O. The summed E-state index contributed by atoms with van der Waals surface area (Å²) in [7, 11) is 0. The Hall–Kier alpha value is -2.10. The maximum atomic E-state index is 11.4. The standard InChI is InChI=1S/C16H21N3O/c1-3-5-16(20)18-12-13-6-8-14(9-7-13)19-11-10-17-15(19)4-2/h6-11H,3-5,12H2,1-2H3,(H,18,20). The fourth-order valence-corrected chi connectivity index (χ4v) is 2.12. The molecule has 0 aliphatic rings. The van der Waals surface area contributed by atoms with Crippen molar-refractivity contribution in [2.75, 3.05) is 0 Å². The Labute approximate surface area is 119 Å². The van der Waals surface area contributed by atoms with Crippen molar-refractivity contribution < 1.29 is 4.79 Å². The third-order valence-corrected chi connectivity index (χ3v) is 3.21. The second-order valence-electron chi connectivity index (χ2n) is 4.76. The van der Waals surface area contributed by atoms with E-state index in [1.807, 2.05) is 31.5 Å². The van der Waals surface area contributed by atoms with Crippen LogP contribution in [0.5, 0.6) is 0 Å². The third-order valence-electron chi connectivity index (χ3n) is 3.21. The molecule has 0 saturated heterocycles. The first-order valence-corrected chi connectivity index (χ1v) is 7.12. The Kier molecular flexibility index (Phi) is 4.93. The van der Waals surface area contributed by atoms with Crippen LogP contribution in [0.4, 0.5) is 0 Å². The first-order valence-electron chi connectivity index (χ1n) is 7.12. The zero-order valence-corrected chi connectivity index (χ0v) is 12.1. The smallest absolute Gasteiger partial charge is 0.220 e. The molecule has 0 aliphatic heterocycles. The summed E-state index contributed by atoms with van der Waals surface area (Å²) in [6, 6.07) is 8.20. The SMILES string of the molecule is CCCC(=O)NCc1ccc(-n2ccnc2CC)cc1. The number of hydrogen-bond acceptors (Lipinski definition) is 2. The van der Waals surface area contributed by atoms with Crippen LogP contribution in [0.3, 0.4) is 0 Å². The molecule has 0 bridgehead atoms. The van der Waals surface area contributed by atoms with Crippen LogP contribution in [-0.2, 0) is 17.8 Å². The molecule has 0 atom stereocenters. The number of aromatic nitrogens is 2. The zero-order chi connectivity index (χ0) is 14.4. The van der Waals surface area contributed by atoms with E-state index in [1.54, 1.807) is 0 Å². The summed E-state index contributed by atoms with van der Waals surface area (Å²) in [5.41, 5.74) is 2.21. The molecule has 1 heterocycles. The second-order valence-corrected chi connectivity index (χ2v) is 4.76. The molecule has 106 valence electrons. The van der Waals surface area contributed by atoms with Gasteiger partial charge in [0.1, 0.15) is 5.82 Å². The van der Waals surface area contributed by atoms with Gasteiger partial charge in [-0.1, -0.05) is 26.0 Å². The highest BCUT2D eigenvalue weighted by molar-refractivity contribution is 5.75. The van der Waals surface area contributed by atoms with E-state index in [0.717, 1.165) is 29.9 Å². The molecular weight excluding hydrogens is 250 g/mol. The summed E-state index contributed by atoms with van der Waals surface area (Å²) in [6.07, 6.45) is 6.16. The van der Waals surface area contributed by atoms with E-state index in [9.17, 15) is 4.79 Å². The largest absolute Gasteiger partial charge is 0.352 e. The van der Waals surface area contributed by atoms with Crippen molar-refractivity contribution in [1.29, 1.82) is 0 Å². The van der Waals surface area contributed by atoms with Gasteiger partial charge in [-0.25, -0.2) is 4.98 Å². The summed E-state index contributed by atoms with van der Waals surface area (Å²) in [4.78, 5) is 15.7. The molecule has 20 heavy (non-hydrogen) atoms. The normalized spacial score (nSPS) is 10.5. The average molecular weight is 271 g/mol. The van der Waals surface area contributed by atoms with E-state index in [4.69, 9.17) is 0 Å². The highest BCUT2D eigenvalue weighted by Gasteiger charge is 2.03. The molecule has 1 amide bonds. The van der Waals surface area contributed by atoms with Gasteiger partial charge in [-0.3, -0.25) is 4.79 Å². The highest BCUT2D eigenvalue weighted by atomic mass is 16.1. The van der Waals surface area contributed by atoms with Gasteiger partial charge >= 0.3 is 0 Å². The van der Waals surface area contributed by atoms with E-state index >= 15 is 0 Å². The fraction of sp³-hybridized carbons (Fsp3) is 0.375. The lowest BCUT2D eigenvalue weighted by atomic mass is 10.2. The molecule has 2 rings (SSSR count). The van der Waals surface area contributed by atoms with Crippen LogP contribution in [-0.4, -0.2) is 15.5 Å². The summed E-state index contributed by atoms with van der Waals surface area (Å²) >= 11 is 0. The number of nitrogens with one attached hydrogen (secondary N) is 1. The molecule has 2 aromatic rings. The second kappa shape index (κ2) is 6.89. The minimum atomic E-state index is 0.111. The van der Waals surface area contributed by atoms with Gasteiger partial charge in [-0.05, 0) is 24.1 Å². The van der Waals surface area contributed by atoms with Crippen LogP contribution in [0.15, 0.2) is 36.7 Å². The predicted molar refractivity (Wildman–Crippen MR) is 79.7 cm³/mol. The fourth-order valence-electron chi connectivity index (χ4n) is 2.12. The molecule has 4 heteroatoms. The van der Waals surface area contributed by atoms with Crippen molar-refractivity contribution in [1.82, 2.24) is 14.9 Å². The zero-order valence-electron chi connectivity index (χ0n) is 12.1. The molecule has 0 saturated carbocycles. The van der Waals surface area contributed by atoms with Crippen molar-refractivity contribution in [3.63, 3.8) is 0 Å². The number of carbonyl (C=O) groups is 1. The summed E-state index contributed by atoms with van der Waals surface area (Å²) in [6.45, 7) is 4.69. The van der Waals surface area contributed by atoms with Crippen LogP contribution >= 0.6 is 0 Å². The van der Waals surface area contributed by atoms with Gasteiger partial charge in [0, 0.05) is 37.5 Å². The van der Waals surface area contributed by atoms with E-state index < -0.39 is 0 Å². The molecule has 0 spiro atoms. The van der Waals surface area contributed by atoms with Crippen molar-refractivity contribution in [3.8, 4) is 5.69 Å². The van der Waals surface area contributed by atoms with Gasteiger partial charge in [0.2, 0.25) is 5.91 Å². The molecule has 0 aliphatic carbocycles. The van der Waals surface area contributed by atoms with E-state index in [-0.39, 0.29) is 5.91 Å². The van der Waals surface area contributed by atoms with Crippen LogP contribution in [0.2, 0.25) is 0 Å². The summed E-state index contributed by atoms with van der Waals surface area (Å²) < 4.78 is 2.08. The number of aryl methyl sites for hydroxylation is 1. The van der Waals surface area contributed by atoms with Gasteiger partial charge in [0.15, 0.2) is 0 Å². The van der Waals surface area contributed by atoms with E-state index in [2.05, 4.69) is 33.9 Å². The molecule has 0 fully saturated rings. The summed E-state index contributed by atoms with van der Waals surface area (Å²) in [5, 5.41) is 2.92. The Morgan fingerprint density at radius 2 is 2.00 bits per heavy atom. The van der Waals surface area contributed by atoms with Crippen molar-refractivity contribution in [2.24, 2.45) is 0 Å². The van der Waals surface area contributed by atoms with Crippen LogP contribution < -0.4 is 5.32 Å². The minimum Gasteiger partial charge on any atom is -0.352 e. The van der Waals surface area contributed by atoms with Crippen LogP contribution in [0, 0.1) is 0 Å². The predicted octanol–water partition coefficient (Wildman–Crippen LogP) is 2.85. The first kappa shape index (κ1) is 14.3. The lowest BCUT2D eigenvalue weighted by molar-refractivity contribution is -0.121. The van der Waals surface area contributed by atoms with Gasteiger partial charge in [0.25, 0.3) is 0 Å². The average Bonchev–Trinajstić information content (AvgIpc) is 2.94. The number of hydrogen-bond donors (Lipinski definition) is 1. The van der Waals surface area contributed by atoms with E-state index in [0.29, 0.717) is 13.0 Å². The minimum absolute atomic E-state index is 0.111. The molecule has 4 nitrogen and oxygen atoms in total. The van der Waals surface area contributed by atoms with Gasteiger partial charge in [-0.2, -0.15) is 0 Å². The van der Waals surface area contributed by atoms with Crippen molar-refractivity contribution in [3.05, 3.63) is 48.0 Å². The number of benzene rings is 1. The van der Waals surface area contributed by atoms with Gasteiger partial charge in [0.05, 0.1) is 0 Å². The molecule has 1 aromatic carbocycles. The highest BCUT2D eigenvalue weighted by Crippen LogP contribution is 2.12. The Morgan fingerprint density at radius 1 is 1.25 bits per heavy atom. The topological polar surface area (TPSA) is 46.9 Å². The number of rotatable bonds is 6. The number of nitrogens with zero attached hydrogens (tertiary/aromatic N) is 2. The van der Waals surface area contributed by atoms with Crippen molar-refractivity contribution in [2.45, 2.75) is 39.7 Å². The Morgan fingerprint density at radius 3 is 2.65 bits per heavy atom. The number of carbonyl (C=O) groups excluding carboxylic acids is 1. The van der Waals surface area contributed by atoms with Crippen LogP contribution in [0.1, 0.15) is 38.1 Å². The van der Waals surface area contributed by atoms with Gasteiger partial charge < -0.3 is 9.88 Å².